The molecule has 0 atom stereocenters. The second kappa shape index (κ2) is 6.09. The molecule has 1 radical (unpaired) electrons. The molecule has 0 saturated carbocycles. The molecule has 0 amide bonds. The third-order valence-electron chi connectivity index (χ3n) is 4.40. The van der Waals surface area contributed by atoms with Gasteiger partial charge >= 0.3 is 0 Å². The molecule has 2 saturated heterocycles. The van der Waals surface area contributed by atoms with Crippen molar-refractivity contribution in [3.63, 3.8) is 0 Å². The number of nitro benzene ring substituents is 1. The summed E-state index contributed by atoms with van der Waals surface area (Å²) >= 11 is 0. The van der Waals surface area contributed by atoms with Gasteiger partial charge in [0.15, 0.2) is 5.69 Å². The largest absolute Gasteiger partial charge is 0.378 e. The Hall–Kier alpha value is -1.50. The van der Waals surface area contributed by atoms with E-state index in [-0.39, 0.29) is 10.6 Å². The van der Waals surface area contributed by atoms with Crippen molar-refractivity contribution in [3.8, 4) is 0 Å². The molecular weight excluding hydrogens is 270 g/mol. The molecule has 6 nitrogen and oxygen atoms in total. The average Bonchev–Trinajstić information content (AvgIpc) is 2.45. The molecule has 3 rings (SSSR count). The molecule has 0 N–H and O–H groups in total. The summed E-state index contributed by atoms with van der Waals surface area (Å²) in [5, 5.41) is 11.1. The highest BCUT2D eigenvalue weighted by molar-refractivity contribution is 5.51. The van der Waals surface area contributed by atoms with Gasteiger partial charge in [0.25, 0.3) is 5.69 Å². The van der Waals surface area contributed by atoms with Crippen molar-refractivity contribution in [1.29, 1.82) is 0 Å². The van der Waals surface area contributed by atoms with Crippen molar-refractivity contribution in [2.24, 2.45) is 0 Å². The Balaban J connectivity index is 1.71. The lowest BCUT2D eigenvalue weighted by Crippen LogP contribution is -2.57. The summed E-state index contributed by atoms with van der Waals surface area (Å²) in [5.74, 6) is 0. The lowest BCUT2D eigenvalue weighted by Gasteiger charge is -2.39. The Labute approximate surface area is 124 Å². The Morgan fingerprint density at radius 1 is 1.33 bits per heavy atom. The minimum atomic E-state index is -0.301. The number of non-ortho nitro benzene ring substituents is 1. The van der Waals surface area contributed by atoms with E-state index < -0.39 is 0 Å². The highest BCUT2D eigenvalue weighted by Crippen LogP contribution is 2.25. The van der Waals surface area contributed by atoms with Crippen LogP contribution in [0.15, 0.2) is 18.2 Å². The van der Waals surface area contributed by atoms with Gasteiger partial charge in [-0.1, -0.05) is 6.92 Å². The smallest absolute Gasteiger partial charge is 0.275 e. The maximum atomic E-state index is 11.1. The third-order valence-corrected chi connectivity index (χ3v) is 4.40. The van der Waals surface area contributed by atoms with Crippen molar-refractivity contribution in [2.45, 2.75) is 19.4 Å². The van der Waals surface area contributed by atoms with Gasteiger partial charge in [-0.15, -0.1) is 4.90 Å². The first kappa shape index (κ1) is 14.4. The Bertz CT molecular complexity index is 523. The number of benzene rings is 1. The fourth-order valence-electron chi connectivity index (χ4n) is 2.93. The topological polar surface area (TPSA) is 61.5 Å². The molecule has 0 spiro atoms. The Morgan fingerprint density at radius 3 is 2.57 bits per heavy atom. The summed E-state index contributed by atoms with van der Waals surface area (Å²) in [6, 6.07) is 6.02. The minimum Gasteiger partial charge on any atom is -0.378 e. The summed E-state index contributed by atoms with van der Waals surface area (Å²) in [6.45, 7) is 7.54. The van der Waals surface area contributed by atoms with E-state index >= 15 is 0 Å². The van der Waals surface area contributed by atoms with Crippen molar-refractivity contribution < 1.29 is 9.66 Å². The van der Waals surface area contributed by atoms with E-state index in [4.69, 9.17) is 4.74 Å². The maximum absolute atomic E-state index is 11.1. The number of nitrogens with zero attached hydrogens (tertiary/aromatic N) is 3. The molecule has 0 unspecified atom stereocenters. The molecule has 2 aliphatic rings. The van der Waals surface area contributed by atoms with Gasteiger partial charge in [-0.25, -0.2) is 0 Å². The summed E-state index contributed by atoms with van der Waals surface area (Å²) in [7, 11) is 0. The molecule has 2 aliphatic heterocycles. The van der Waals surface area contributed by atoms with E-state index in [1.165, 1.54) is 0 Å². The lowest BCUT2D eigenvalue weighted by atomic mass is 10.1. The van der Waals surface area contributed by atoms with Gasteiger partial charge in [0.2, 0.25) is 0 Å². The van der Waals surface area contributed by atoms with Crippen LogP contribution in [0.1, 0.15) is 12.5 Å². The molecule has 0 aromatic heterocycles. The molecule has 0 bridgehead atoms. The SMILES string of the molecule is CCc1cc([N+]2CCN(C3COC3)CC2)cc([N+](=O)[O-])c1. The van der Waals surface area contributed by atoms with E-state index in [1.54, 1.807) is 12.1 Å². The van der Waals surface area contributed by atoms with Crippen LogP contribution in [0.2, 0.25) is 0 Å². The van der Waals surface area contributed by atoms with Gasteiger partial charge in [0.1, 0.15) is 13.1 Å². The number of hydrogen-bond acceptors (Lipinski definition) is 5. The van der Waals surface area contributed by atoms with E-state index in [9.17, 15) is 10.1 Å². The van der Waals surface area contributed by atoms with Crippen LogP contribution < -0.4 is 4.90 Å². The molecule has 1 aromatic carbocycles. The van der Waals surface area contributed by atoms with Crippen molar-refractivity contribution in [3.05, 3.63) is 33.9 Å². The molecule has 1 aromatic rings. The molecule has 113 valence electrons. The first-order valence-corrected chi connectivity index (χ1v) is 7.52. The molecular formula is C15H21N3O3+. The van der Waals surface area contributed by atoms with Crippen LogP contribution >= 0.6 is 0 Å². The van der Waals surface area contributed by atoms with Crippen LogP contribution in [0.5, 0.6) is 0 Å². The van der Waals surface area contributed by atoms with Crippen LogP contribution in [0.4, 0.5) is 11.4 Å². The molecule has 2 fully saturated rings. The second-order valence-electron chi connectivity index (χ2n) is 5.68. The van der Waals surface area contributed by atoms with Gasteiger partial charge in [0, 0.05) is 12.1 Å². The quantitative estimate of drug-likeness (QED) is 0.481. The van der Waals surface area contributed by atoms with Crippen LogP contribution in [-0.2, 0) is 11.2 Å². The monoisotopic (exact) mass is 291 g/mol. The molecule has 0 aliphatic carbocycles. The number of nitro groups is 1. The number of ether oxygens (including phenoxy) is 1. The predicted octanol–water partition coefficient (Wildman–Crippen LogP) is 1.64. The van der Waals surface area contributed by atoms with Gasteiger partial charge < -0.3 is 4.74 Å². The van der Waals surface area contributed by atoms with E-state index in [0.717, 1.165) is 57.1 Å². The van der Waals surface area contributed by atoms with Crippen molar-refractivity contribution in [1.82, 2.24) is 9.80 Å². The standard InChI is InChI=1S/C15H21N3O3/c1-2-12-7-13(9-14(8-12)18(19)20)16-3-5-17(6-4-16)15-10-21-11-15/h7-9,15H,2-6,10-11H2,1H3/q+1. The zero-order valence-corrected chi connectivity index (χ0v) is 12.3. The third kappa shape index (κ3) is 3.07. The fourth-order valence-corrected chi connectivity index (χ4v) is 2.93. The van der Waals surface area contributed by atoms with E-state index in [1.807, 2.05) is 6.92 Å². The van der Waals surface area contributed by atoms with Crippen molar-refractivity contribution in [2.75, 3.05) is 39.4 Å². The summed E-state index contributed by atoms with van der Waals surface area (Å²) in [4.78, 5) is 15.5. The lowest BCUT2D eigenvalue weighted by molar-refractivity contribution is -0.384. The number of rotatable bonds is 4. The average molecular weight is 291 g/mol. The number of anilines is 1. The highest BCUT2D eigenvalue weighted by Gasteiger charge is 2.34. The molecule has 21 heavy (non-hydrogen) atoms. The molecule has 6 heteroatoms. The zero-order chi connectivity index (χ0) is 14.8. The van der Waals surface area contributed by atoms with Crippen molar-refractivity contribution >= 4 is 11.4 Å². The summed E-state index contributed by atoms with van der Waals surface area (Å²) < 4.78 is 5.24. The Morgan fingerprint density at radius 2 is 2.05 bits per heavy atom. The van der Waals surface area contributed by atoms with Crippen LogP contribution in [0.25, 0.3) is 0 Å². The second-order valence-corrected chi connectivity index (χ2v) is 5.68. The van der Waals surface area contributed by atoms with Gasteiger partial charge in [-0.05, 0) is 12.0 Å². The first-order valence-electron chi connectivity index (χ1n) is 7.52. The van der Waals surface area contributed by atoms with E-state index in [0.29, 0.717) is 6.04 Å². The van der Waals surface area contributed by atoms with E-state index in [2.05, 4.69) is 15.9 Å². The maximum Gasteiger partial charge on any atom is 0.275 e. The van der Waals surface area contributed by atoms with Crippen LogP contribution in [0, 0.1) is 10.1 Å². The van der Waals surface area contributed by atoms with Gasteiger partial charge in [-0.3, -0.25) is 15.0 Å². The number of aryl methyl sites for hydroxylation is 1. The van der Waals surface area contributed by atoms with Gasteiger partial charge in [-0.2, -0.15) is 0 Å². The summed E-state index contributed by atoms with van der Waals surface area (Å²) in [5.41, 5.74) is 2.19. The molecule has 2 heterocycles. The van der Waals surface area contributed by atoms with Crippen LogP contribution in [-0.4, -0.2) is 55.3 Å². The van der Waals surface area contributed by atoms with Gasteiger partial charge in [0.05, 0.1) is 43.3 Å². The fraction of sp³-hybridized carbons (Fsp3) is 0.600. The number of hydrogen-bond donors (Lipinski definition) is 0. The zero-order valence-electron chi connectivity index (χ0n) is 12.3. The summed E-state index contributed by atoms with van der Waals surface area (Å²) in [6.07, 6.45) is 0.814. The normalized spacial score (nSPS) is 21.2. The predicted molar refractivity (Wildman–Crippen MR) is 80.2 cm³/mol. The minimum absolute atomic E-state index is 0.194. The Kier molecular flexibility index (Phi) is 4.19. The number of piperazine rings is 1. The highest BCUT2D eigenvalue weighted by atomic mass is 16.6. The van der Waals surface area contributed by atoms with Crippen LogP contribution in [0.3, 0.4) is 0 Å². The first-order chi connectivity index (χ1) is 10.2.